The van der Waals surface area contributed by atoms with Gasteiger partial charge in [0, 0.05) is 12.0 Å². The van der Waals surface area contributed by atoms with Gasteiger partial charge in [-0.15, -0.1) is 0 Å². The van der Waals surface area contributed by atoms with Gasteiger partial charge in [0.25, 0.3) is 0 Å². The molecular weight excluding hydrogens is 196 g/mol. The average Bonchev–Trinajstić information content (AvgIpc) is 2.28. The summed E-state index contributed by atoms with van der Waals surface area (Å²) in [7, 11) is 2.85. The highest BCUT2D eigenvalue weighted by atomic mass is 16.5. The summed E-state index contributed by atoms with van der Waals surface area (Å²) >= 11 is 0. The maximum Gasteiger partial charge on any atom is 0.200 e. The second-order valence-electron chi connectivity index (χ2n) is 3.01. The minimum Gasteiger partial charge on any atom is -0.502 e. The number of ketones is 1. The van der Waals surface area contributed by atoms with Crippen LogP contribution in [0.15, 0.2) is 12.1 Å². The lowest BCUT2D eigenvalue weighted by atomic mass is 10.1. The lowest BCUT2D eigenvalue weighted by molar-refractivity contribution is 0.0987. The van der Waals surface area contributed by atoms with Crippen LogP contribution < -0.4 is 9.47 Å². The Bertz CT molecular complexity index is 346. The standard InChI is InChI=1S/C11H14O4/c1-4-8(12)7-5-9(14-2)11(13)10(6-7)15-3/h5-6,13H,4H2,1-3H3. The molecule has 1 aromatic carbocycles. The number of rotatable bonds is 4. The molecule has 0 heterocycles. The third kappa shape index (κ3) is 2.21. The minimum absolute atomic E-state index is 0.0217. The average molecular weight is 210 g/mol. The number of Topliss-reactive ketones (excluding diaryl/α,β-unsaturated/α-hetero) is 1. The number of aromatic hydroxyl groups is 1. The van der Waals surface area contributed by atoms with Crippen LogP contribution in [-0.4, -0.2) is 25.1 Å². The topological polar surface area (TPSA) is 55.8 Å². The Hall–Kier alpha value is -1.71. The van der Waals surface area contributed by atoms with Gasteiger partial charge in [-0.25, -0.2) is 0 Å². The molecule has 0 saturated carbocycles. The van der Waals surface area contributed by atoms with Crippen molar-refractivity contribution in [3.8, 4) is 17.2 Å². The van der Waals surface area contributed by atoms with E-state index in [0.29, 0.717) is 12.0 Å². The fourth-order valence-corrected chi connectivity index (χ4v) is 1.26. The summed E-state index contributed by atoms with van der Waals surface area (Å²) in [5.41, 5.74) is 0.476. The zero-order valence-corrected chi connectivity index (χ0v) is 9.03. The van der Waals surface area contributed by atoms with Crippen LogP contribution in [0.25, 0.3) is 0 Å². The van der Waals surface area contributed by atoms with Gasteiger partial charge in [-0.2, -0.15) is 0 Å². The summed E-state index contributed by atoms with van der Waals surface area (Å²) < 4.78 is 9.88. The number of carbonyl (C=O) groups excluding carboxylic acids is 1. The van der Waals surface area contributed by atoms with Crippen LogP contribution in [0.4, 0.5) is 0 Å². The molecule has 1 N–H and O–H groups in total. The zero-order chi connectivity index (χ0) is 11.4. The van der Waals surface area contributed by atoms with Crippen molar-refractivity contribution in [2.24, 2.45) is 0 Å². The van der Waals surface area contributed by atoms with E-state index in [-0.39, 0.29) is 23.0 Å². The molecule has 0 radical (unpaired) electrons. The summed E-state index contributed by atoms with van der Waals surface area (Å²) in [4.78, 5) is 11.5. The van der Waals surface area contributed by atoms with E-state index in [0.717, 1.165) is 0 Å². The molecule has 0 unspecified atom stereocenters. The van der Waals surface area contributed by atoms with Gasteiger partial charge < -0.3 is 14.6 Å². The van der Waals surface area contributed by atoms with Gasteiger partial charge in [0.1, 0.15) is 0 Å². The molecule has 82 valence electrons. The molecule has 4 heteroatoms. The van der Waals surface area contributed by atoms with Crippen LogP contribution in [0, 0.1) is 0 Å². The van der Waals surface area contributed by atoms with E-state index in [1.54, 1.807) is 6.92 Å². The number of benzene rings is 1. The van der Waals surface area contributed by atoms with Crippen molar-refractivity contribution < 1.29 is 19.4 Å². The van der Waals surface area contributed by atoms with Gasteiger partial charge in [0.05, 0.1) is 14.2 Å². The van der Waals surface area contributed by atoms with Crippen LogP contribution in [0.1, 0.15) is 23.7 Å². The quantitative estimate of drug-likeness (QED) is 0.772. The lowest BCUT2D eigenvalue weighted by Gasteiger charge is -2.10. The summed E-state index contributed by atoms with van der Waals surface area (Å²) in [6.45, 7) is 1.77. The Balaban J connectivity index is 3.26. The molecule has 1 aromatic rings. The van der Waals surface area contributed by atoms with Crippen LogP contribution in [0.3, 0.4) is 0 Å². The fourth-order valence-electron chi connectivity index (χ4n) is 1.26. The van der Waals surface area contributed by atoms with Gasteiger partial charge in [0.2, 0.25) is 5.75 Å². The number of phenols is 1. The highest BCUT2D eigenvalue weighted by Crippen LogP contribution is 2.37. The first-order chi connectivity index (χ1) is 7.13. The Morgan fingerprint density at radius 2 is 1.73 bits per heavy atom. The summed E-state index contributed by atoms with van der Waals surface area (Å²) in [5, 5.41) is 9.61. The van der Waals surface area contributed by atoms with E-state index in [1.807, 2.05) is 0 Å². The van der Waals surface area contributed by atoms with Gasteiger partial charge >= 0.3 is 0 Å². The van der Waals surface area contributed by atoms with Crippen molar-refractivity contribution in [2.45, 2.75) is 13.3 Å². The van der Waals surface area contributed by atoms with Crippen LogP contribution in [0.5, 0.6) is 17.2 Å². The molecule has 1 rings (SSSR count). The molecular formula is C11H14O4. The molecule has 0 fully saturated rings. The molecule has 0 saturated heterocycles. The van der Waals surface area contributed by atoms with Crippen molar-refractivity contribution in [3.63, 3.8) is 0 Å². The highest BCUT2D eigenvalue weighted by molar-refractivity contribution is 5.97. The first-order valence-corrected chi connectivity index (χ1v) is 4.62. The molecule has 0 aliphatic heterocycles. The second-order valence-corrected chi connectivity index (χ2v) is 3.01. The molecule has 0 amide bonds. The summed E-state index contributed by atoms with van der Waals surface area (Å²) in [5.74, 6) is 0.372. The molecule has 0 aromatic heterocycles. The van der Waals surface area contributed by atoms with Gasteiger partial charge in [-0.05, 0) is 12.1 Å². The number of ether oxygens (including phenoxy) is 2. The molecule has 0 atom stereocenters. The molecule has 4 nitrogen and oxygen atoms in total. The number of methoxy groups -OCH3 is 2. The first-order valence-electron chi connectivity index (χ1n) is 4.62. The van der Waals surface area contributed by atoms with E-state index in [2.05, 4.69) is 0 Å². The normalized spacial score (nSPS) is 9.80. The predicted molar refractivity (Wildman–Crippen MR) is 55.8 cm³/mol. The van der Waals surface area contributed by atoms with E-state index < -0.39 is 0 Å². The van der Waals surface area contributed by atoms with Crippen molar-refractivity contribution in [1.29, 1.82) is 0 Å². The zero-order valence-electron chi connectivity index (χ0n) is 9.03. The number of phenolic OH excluding ortho intramolecular Hbond substituents is 1. The van der Waals surface area contributed by atoms with E-state index in [9.17, 15) is 9.90 Å². The Labute approximate surface area is 88.4 Å². The van der Waals surface area contributed by atoms with Gasteiger partial charge in [-0.1, -0.05) is 6.92 Å². The SMILES string of the molecule is CCC(=O)c1cc(OC)c(O)c(OC)c1. The van der Waals surface area contributed by atoms with Crippen molar-refractivity contribution in [2.75, 3.05) is 14.2 Å². The Kier molecular flexibility index (Phi) is 3.55. The van der Waals surface area contributed by atoms with Crippen molar-refractivity contribution in [1.82, 2.24) is 0 Å². The van der Waals surface area contributed by atoms with Gasteiger partial charge in [0.15, 0.2) is 17.3 Å². The molecule has 15 heavy (non-hydrogen) atoms. The summed E-state index contributed by atoms with van der Waals surface area (Å²) in [6, 6.07) is 3.01. The molecule has 0 bridgehead atoms. The highest BCUT2D eigenvalue weighted by Gasteiger charge is 2.14. The number of hydrogen-bond acceptors (Lipinski definition) is 4. The Morgan fingerprint density at radius 3 is 2.07 bits per heavy atom. The monoisotopic (exact) mass is 210 g/mol. The third-order valence-corrected chi connectivity index (χ3v) is 2.12. The van der Waals surface area contributed by atoms with Crippen molar-refractivity contribution in [3.05, 3.63) is 17.7 Å². The predicted octanol–water partition coefficient (Wildman–Crippen LogP) is 2.00. The van der Waals surface area contributed by atoms with Crippen molar-refractivity contribution >= 4 is 5.78 Å². The van der Waals surface area contributed by atoms with Crippen LogP contribution >= 0.6 is 0 Å². The molecule has 0 aliphatic carbocycles. The second kappa shape index (κ2) is 4.68. The Morgan fingerprint density at radius 1 is 1.27 bits per heavy atom. The summed E-state index contributed by atoms with van der Waals surface area (Å²) in [6.07, 6.45) is 0.400. The molecule has 0 aliphatic rings. The van der Waals surface area contributed by atoms with E-state index in [1.165, 1.54) is 26.4 Å². The fraction of sp³-hybridized carbons (Fsp3) is 0.364. The third-order valence-electron chi connectivity index (χ3n) is 2.12. The first kappa shape index (κ1) is 11.4. The molecule has 0 spiro atoms. The van der Waals surface area contributed by atoms with Crippen LogP contribution in [-0.2, 0) is 0 Å². The number of hydrogen-bond donors (Lipinski definition) is 1. The largest absolute Gasteiger partial charge is 0.502 e. The lowest BCUT2D eigenvalue weighted by Crippen LogP contribution is -1.99. The maximum atomic E-state index is 11.5. The van der Waals surface area contributed by atoms with E-state index in [4.69, 9.17) is 9.47 Å². The van der Waals surface area contributed by atoms with Crippen LogP contribution in [0.2, 0.25) is 0 Å². The number of carbonyl (C=O) groups is 1. The van der Waals surface area contributed by atoms with E-state index >= 15 is 0 Å². The van der Waals surface area contributed by atoms with Gasteiger partial charge in [-0.3, -0.25) is 4.79 Å². The minimum atomic E-state index is -0.0901. The smallest absolute Gasteiger partial charge is 0.200 e. The maximum absolute atomic E-state index is 11.5.